The summed E-state index contributed by atoms with van der Waals surface area (Å²) in [4.78, 5) is 26.9. The minimum Gasteiger partial charge on any atom is -0.490 e. The van der Waals surface area contributed by atoms with Crippen LogP contribution in [0.1, 0.15) is 0 Å². The highest BCUT2D eigenvalue weighted by Gasteiger charge is 2.21. The lowest BCUT2D eigenvalue weighted by Gasteiger charge is -2.07. The van der Waals surface area contributed by atoms with Gasteiger partial charge in [-0.25, -0.2) is 0 Å². The van der Waals surface area contributed by atoms with Crippen LogP contribution in [-0.2, 0) is 0 Å². The summed E-state index contributed by atoms with van der Waals surface area (Å²) in [6, 6.07) is 9.04. The third kappa shape index (κ3) is 3.31. The maximum Gasteiger partial charge on any atom is 0.395 e. The molecule has 8 nitrogen and oxygen atoms in total. The summed E-state index contributed by atoms with van der Waals surface area (Å²) in [5.74, 6) is 0.333. The Labute approximate surface area is 113 Å². The van der Waals surface area contributed by atoms with E-state index >= 15 is 0 Å². The van der Waals surface area contributed by atoms with Crippen LogP contribution in [0.3, 0.4) is 0 Å². The van der Waals surface area contributed by atoms with Crippen LogP contribution in [0.25, 0.3) is 0 Å². The first-order valence-electron chi connectivity index (χ1n) is 5.71. The minimum atomic E-state index is -0.857. The fourth-order valence-corrected chi connectivity index (χ4v) is 1.46. The summed E-state index contributed by atoms with van der Waals surface area (Å²) in [6.45, 7) is 0.210. The van der Waals surface area contributed by atoms with E-state index in [1.54, 1.807) is 12.1 Å². The quantitative estimate of drug-likeness (QED) is 0.482. The van der Waals surface area contributed by atoms with Crippen LogP contribution in [0.15, 0.2) is 41.5 Å². The molecule has 8 heteroatoms. The molecule has 0 spiro atoms. The first kappa shape index (κ1) is 13.5. The first-order valence-corrected chi connectivity index (χ1v) is 5.71. The number of para-hydroxylation sites is 1. The molecular formula is C12H11N3O5. The number of nitrogens with one attached hydrogen (secondary N) is 1. The second kappa shape index (κ2) is 6.32. The number of rotatable bonds is 6. The van der Waals surface area contributed by atoms with Crippen molar-refractivity contribution in [3.05, 3.63) is 57.1 Å². The average Bonchev–Trinajstić information content (AvgIpc) is 2.44. The molecule has 0 radical (unpaired) electrons. The van der Waals surface area contributed by atoms with Gasteiger partial charge < -0.3 is 14.5 Å². The highest BCUT2D eigenvalue weighted by atomic mass is 16.6. The predicted octanol–water partition coefficient (Wildman–Crippen LogP) is 1.14. The van der Waals surface area contributed by atoms with Gasteiger partial charge in [0.2, 0.25) is 0 Å². The third-order valence-corrected chi connectivity index (χ3v) is 2.31. The normalized spacial score (nSPS) is 10.0. The second-order valence-electron chi connectivity index (χ2n) is 3.65. The average molecular weight is 277 g/mol. The standard InChI is InChI=1S/C12H11N3O5/c16-11-10(15(17)18)12(14-8-13-11)20-7-6-19-9-4-2-1-3-5-9/h1-5,8H,6-7H2,(H,13,14,16). The molecule has 0 saturated heterocycles. The summed E-state index contributed by atoms with van der Waals surface area (Å²) < 4.78 is 10.5. The lowest BCUT2D eigenvalue weighted by Crippen LogP contribution is -2.16. The highest BCUT2D eigenvalue weighted by Crippen LogP contribution is 2.17. The highest BCUT2D eigenvalue weighted by molar-refractivity contribution is 5.37. The molecule has 0 saturated carbocycles. The predicted molar refractivity (Wildman–Crippen MR) is 68.9 cm³/mol. The number of ether oxygens (including phenoxy) is 2. The number of hydrogen-bond donors (Lipinski definition) is 1. The molecule has 0 bridgehead atoms. The third-order valence-electron chi connectivity index (χ3n) is 2.31. The van der Waals surface area contributed by atoms with Gasteiger partial charge in [-0.15, -0.1) is 0 Å². The largest absolute Gasteiger partial charge is 0.490 e. The summed E-state index contributed by atoms with van der Waals surface area (Å²) in [5.41, 5.74) is -1.57. The Bertz CT molecular complexity index is 641. The number of H-pyrrole nitrogens is 1. The zero-order chi connectivity index (χ0) is 14.4. The van der Waals surface area contributed by atoms with Gasteiger partial charge >= 0.3 is 17.1 Å². The van der Waals surface area contributed by atoms with E-state index in [9.17, 15) is 14.9 Å². The number of nitrogens with zero attached hydrogens (tertiary/aromatic N) is 2. The van der Waals surface area contributed by atoms with Crippen LogP contribution in [0, 0.1) is 10.1 Å². The van der Waals surface area contributed by atoms with E-state index in [0.717, 1.165) is 6.33 Å². The van der Waals surface area contributed by atoms with Gasteiger partial charge in [0.05, 0.1) is 11.3 Å². The zero-order valence-corrected chi connectivity index (χ0v) is 10.3. The summed E-state index contributed by atoms with van der Waals surface area (Å²) in [6.07, 6.45) is 1.04. The zero-order valence-electron chi connectivity index (χ0n) is 10.3. The molecule has 2 aromatic rings. The van der Waals surface area contributed by atoms with Gasteiger partial charge in [0.25, 0.3) is 0 Å². The lowest BCUT2D eigenvalue weighted by molar-refractivity contribution is -0.387. The molecule has 0 atom stereocenters. The summed E-state index contributed by atoms with van der Waals surface area (Å²) >= 11 is 0. The summed E-state index contributed by atoms with van der Waals surface area (Å²) in [7, 11) is 0. The maximum absolute atomic E-state index is 11.3. The van der Waals surface area contributed by atoms with Crippen molar-refractivity contribution in [1.29, 1.82) is 0 Å². The number of aromatic nitrogens is 2. The molecule has 0 fully saturated rings. The topological polar surface area (TPSA) is 107 Å². The Morgan fingerprint density at radius 2 is 1.90 bits per heavy atom. The fourth-order valence-electron chi connectivity index (χ4n) is 1.46. The minimum absolute atomic E-state index is 0.0339. The second-order valence-corrected chi connectivity index (χ2v) is 3.65. The van der Waals surface area contributed by atoms with Crippen LogP contribution >= 0.6 is 0 Å². The van der Waals surface area contributed by atoms with Crippen LogP contribution in [-0.4, -0.2) is 28.1 Å². The van der Waals surface area contributed by atoms with Gasteiger partial charge in [0.1, 0.15) is 19.0 Å². The van der Waals surface area contributed by atoms with E-state index < -0.39 is 16.2 Å². The smallest absolute Gasteiger partial charge is 0.395 e. The monoisotopic (exact) mass is 277 g/mol. The van der Waals surface area contributed by atoms with Crippen molar-refractivity contribution < 1.29 is 14.4 Å². The van der Waals surface area contributed by atoms with Crippen molar-refractivity contribution in [2.45, 2.75) is 0 Å². The van der Waals surface area contributed by atoms with Gasteiger partial charge in [-0.3, -0.25) is 14.9 Å². The SMILES string of the molecule is O=c1[nH]cnc(OCCOc2ccccc2)c1[N+](=O)[O-]. The molecule has 0 unspecified atom stereocenters. The molecule has 104 valence electrons. The van der Waals surface area contributed by atoms with Gasteiger partial charge in [-0.1, -0.05) is 18.2 Å². The van der Waals surface area contributed by atoms with Crippen molar-refractivity contribution in [3.8, 4) is 11.6 Å². The maximum atomic E-state index is 11.3. The number of aromatic amines is 1. The summed E-state index contributed by atoms with van der Waals surface area (Å²) in [5, 5.41) is 10.7. The molecule has 20 heavy (non-hydrogen) atoms. The van der Waals surface area contributed by atoms with Crippen molar-refractivity contribution in [2.24, 2.45) is 0 Å². The van der Waals surface area contributed by atoms with E-state index in [-0.39, 0.29) is 19.1 Å². The number of hydrogen-bond acceptors (Lipinski definition) is 6. The Balaban J connectivity index is 1.93. The number of nitro groups is 1. The molecule has 0 aliphatic heterocycles. The molecule has 0 amide bonds. The van der Waals surface area contributed by atoms with E-state index in [1.165, 1.54) is 0 Å². The van der Waals surface area contributed by atoms with Crippen molar-refractivity contribution in [3.63, 3.8) is 0 Å². The molecule has 0 aliphatic rings. The fraction of sp³-hybridized carbons (Fsp3) is 0.167. The number of benzene rings is 1. The Hall–Kier alpha value is -2.90. The van der Waals surface area contributed by atoms with Gasteiger partial charge in [-0.2, -0.15) is 4.98 Å². The molecule has 2 rings (SSSR count). The molecule has 1 N–H and O–H groups in total. The Morgan fingerprint density at radius 3 is 2.60 bits per heavy atom. The van der Waals surface area contributed by atoms with Crippen LogP contribution in [0.2, 0.25) is 0 Å². The van der Waals surface area contributed by atoms with E-state index in [1.807, 2.05) is 18.2 Å². The van der Waals surface area contributed by atoms with E-state index in [4.69, 9.17) is 9.47 Å². The van der Waals surface area contributed by atoms with Gasteiger partial charge in [0, 0.05) is 0 Å². The Morgan fingerprint density at radius 1 is 1.20 bits per heavy atom. The van der Waals surface area contributed by atoms with E-state index in [2.05, 4.69) is 9.97 Å². The molecule has 1 aromatic heterocycles. The lowest BCUT2D eigenvalue weighted by atomic mass is 10.3. The van der Waals surface area contributed by atoms with Crippen LogP contribution in [0.4, 0.5) is 5.69 Å². The van der Waals surface area contributed by atoms with Gasteiger partial charge in [-0.05, 0) is 12.1 Å². The molecular weight excluding hydrogens is 266 g/mol. The molecule has 1 aromatic carbocycles. The van der Waals surface area contributed by atoms with Crippen LogP contribution in [0.5, 0.6) is 11.6 Å². The van der Waals surface area contributed by atoms with E-state index in [0.29, 0.717) is 5.75 Å². The molecule has 0 aliphatic carbocycles. The van der Waals surface area contributed by atoms with Crippen molar-refractivity contribution in [1.82, 2.24) is 9.97 Å². The van der Waals surface area contributed by atoms with Gasteiger partial charge in [0.15, 0.2) is 0 Å². The first-order chi connectivity index (χ1) is 9.68. The Kier molecular flexibility index (Phi) is 4.28. The van der Waals surface area contributed by atoms with Crippen LogP contribution < -0.4 is 15.0 Å². The van der Waals surface area contributed by atoms with Crippen molar-refractivity contribution in [2.75, 3.05) is 13.2 Å². The molecule has 1 heterocycles. The van der Waals surface area contributed by atoms with Crippen molar-refractivity contribution >= 4 is 5.69 Å².